The van der Waals surface area contributed by atoms with Crippen LogP contribution < -0.4 is 5.32 Å². The van der Waals surface area contributed by atoms with Gasteiger partial charge in [0.05, 0.1) is 18.8 Å². The minimum atomic E-state index is -1.13. The summed E-state index contributed by atoms with van der Waals surface area (Å²) < 4.78 is 0. The molecule has 31 heavy (non-hydrogen) atoms. The Morgan fingerprint density at radius 1 is 0.710 bits per heavy atom. The van der Waals surface area contributed by atoms with E-state index in [0.29, 0.717) is 6.42 Å². The number of nitrogens with one attached hydrogen (secondary N) is 1. The number of carbonyl (C=O) groups excluding carboxylic acids is 1. The molecule has 0 aliphatic carbocycles. The molecule has 1 amide bonds. The second kappa shape index (κ2) is 21.2. The lowest BCUT2D eigenvalue weighted by Gasteiger charge is -2.28. The molecule has 0 aromatic heterocycles. The van der Waals surface area contributed by atoms with Crippen LogP contribution in [0.5, 0.6) is 0 Å². The zero-order chi connectivity index (χ0) is 23.3. The van der Waals surface area contributed by atoms with Crippen LogP contribution in [-0.4, -0.2) is 46.1 Å². The molecule has 0 aliphatic rings. The Bertz CT molecular complexity index is 405. The van der Waals surface area contributed by atoms with E-state index in [9.17, 15) is 20.1 Å². The maximum absolute atomic E-state index is 12.4. The molecule has 0 fully saturated rings. The number of carbonyl (C=O) groups is 1. The molecule has 0 rings (SSSR count). The fourth-order valence-electron chi connectivity index (χ4n) is 4.14. The van der Waals surface area contributed by atoms with Gasteiger partial charge in [-0.05, 0) is 19.3 Å². The van der Waals surface area contributed by atoms with Gasteiger partial charge in [0.1, 0.15) is 6.10 Å². The van der Waals surface area contributed by atoms with E-state index < -0.39 is 18.2 Å². The Labute approximate surface area is 192 Å². The van der Waals surface area contributed by atoms with Gasteiger partial charge >= 0.3 is 0 Å². The van der Waals surface area contributed by atoms with E-state index in [1.165, 1.54) is 57.8 Å². The third-order valence-corrected chi connectivity index (χ3v) is 6.45. The van der Waals surface area contributed by atoms with E-state index in [1.54, 1.807) is 0 Å². The lowest BCUT2D eigenvalue weighted by molar-refractivity contribution is -0.128. The third kappa shape index (κ3) is 15.7. The summed E-state index contributed by atoms with van der Waals surface area (Å²) in [6.45, 7) is 5.95. The molecule has 0 saturated heterocycles. The van der Waals surface area contributed by atoms with E-state index in [2.05, 4.69) is 19.2 Å². The van der Waals surface area contributed by atoms with Gasteiger partial charge in [-0.25, -0.2) is 0 Å². The van der Waals surface area contributed by atoms with Gasteiger partial charge in [0.25, 0.3) is 0 Å². The first-order valence-corrected chi connectivity index (χ1v) is 13.3. The average Bonchev–Trinajstić information content (AvgIpc) is 2.78. The minimum Gasteiger partial charge on any atom is -0.394 e. The smallest absolute Gasteiger partial charge is 0.223 e. The zero-order valence-electron chi connectivity index (χ0n) is 20.8. The van der Waals surface area contributed by atoms with Crippen LogP contribution in [0.3, 0.4) is 0 Å². The molecule has 4 atom stereocenters. The number of rotatable bonds is 22. The molecule has 1 unspecified atom stereocenters. The molecule has 0 saturated carbocycles. The van der Waals surface area contributed by atoms with E-state index >= 15 is 0 Å². The summed E-state index contributed by atoms with van der Waals surface area (Å²) in [5, 5.41) is 33.1. The van der Waals surface area contributed by atoms with E-state index in [-0.39, 0.29) is 18.4 Å². The molecule has 0 radical (unpaired) electrons. The first-order chi connectivity index (χ1) is 15.0. The van der Waals surface area contributed by atoms with Crippen LogP contribution in [0.1, 0.15) is 130 Å². The van der Waals surface area contributed by atoms with Gasteiger partial charge in [-0.3, -0.25) is 4.79 Å². The van der Waals surface area contributed by atoms with E-state index in [1.807, 2.05) is 6.92 Å². The number of unbranched alkanes of at least 4 members (excludes halogenated alkanes) is 12. The van der Waals surface area contributed by atoms with E-state index in [0.717, 1.165) is 44.9 Å². The lowest BCUT2D eigenvalue weighted by atomic mass is 9.96. The summed E-state index contributed by atoms with van der Waals surface area (Å²) in [5.41, 5.74) is 0. The maximum Gasteiger partial charge on any atom is 0.223 e. The summed E-state index contributed by atoms with van der Waals surface area (Å²) in [4.78, 5) is 12.4. The van der Waals surface area contributed by atoms with Crippen LogP contribution in [0.2, 0.25) is 0 Å². The molecule has 186 valence electrons. The molecule has 4 N–H and O–H groups in total. The highest BCUT2D eigenvalue weighted by atomic mass is 16.3. The fourth-order valence-corrected chi connectivity index (χ4v) is 4.14. The van der Waals surface area contributed by atoms with Crippen LogP contribution in [-0.2, 0) is 4.79 Å². The van der Waals surface area contributed by atoms with Crippen molar-refractivity contribution in [2.24, 2.45) is 5.92 Å². The number of amides is 1. The van der Waals surface area contributed by atoms with Gasteiger partial charge < -0.3 is 20.6 Å². The second-order valence-electron chi connectivity index (χ2n) is 9.28. The van der Waals surface area contributed by atoms with Crippen molar-refractivity contribution in [2.75, 3.05) is 6.61 Å². The number of hydrogen-bond acceptors (Lipinski definition) is 4. The van der Waals surface area contributed by atoms with Crippen molar-refractivity contribution in [3.63, 3.8) is 0 Å². The first kappa shape index (κ1) is 30.4. The van der Waals surface area contributed by atoms with Crippen molar-refractivity contribution in [1.82, 2.24) is 5.32 Å². The number of hydrogen-bond donors (Lipinski definition) is 4. The molecule has 0 aromatic rings. The second-order valence-corrected chi connectivity index (χ2v) is 9.28. The van der Waals surface area contributed by atoms with Crippen LogP contribution in [0, 0.1) is 5.92 Å². The fraction of sp³-hybridized carbons (Fsp3) is 0.962. The van der Waals surface area contributed by atoms with Crippen molar-refractivity contribution in [3.8, 4) is 0 Å². The highest BCUT2D eigenvalue weighted by Crippen LogP contribution is 2.16. The Balaban J connectivity index is 3.94. The van der Waals surface area contributed by atoms with Crippen LogP contribution in [0.25, 0.3) is 0 Å². The summed E-state index contributed by atoms with van der Waals surface area (Å²) in [6, 6.07) is -0.810. The summed E-state index contributed by atoms with van der Waals surface area (Å²) in [6.07, 6.45) is 17.1. The highest BCUT2D eigenvalue weighted by molar-refractivity contribution is 5.78. The Kier molecular flexibility index (Phi) is 20.8. The molecule has 0 aromatic carbocycles. The predicted octanol–water partition coefficient (Wildman–Crippen LogP) is 5.49. The van der Waals surface area contributed by atoms with Gasteiger partial charge in [-0.15, -0.1) is 0 Å². The third-order valence-electron chi connectivity index (χ3n) is 6.45. The Morgan fingerprint density at radius 3 is 1.65 bits per heavy atom. The van der Waals surface area contributed by atoms with Gasteiger partial charge in [0.15, 0.2) is 0 Å². The summed E-state index contributed by atoms with van der Waals surface area (Å²) >= 11 is 0. The molecule has 0 bridgehead atoms. The Hall–Kier alpha value is -0.650. The lowest BCUT2D eigenvalue weighted by Crippen LogP contribution is -2.52. The van der Waals surface area contributed by atoms with Gasteiger partial charge in [-0.1, -0.05) is 111 Å². The molecule has 0 heterocycles. The van der Waals surface area contributed by atoms with Gasteiger partial charge in [0, 0.05) is 5.92 Å². The molecule has 0 aliphatic heterocycles. The van der Waals surface area contributed by atoms with Gasteiger partial charge in [-0.2, -0.15) is 0 Å². The van der Waals surface area contributed by atoms with Crippen molar-refractivity contribution in [2.45, 2.75) is 148 Å². The standard InChI is InChI=1S/C26H53NO4/c1-4-7-9-10-11-12-13-14-15-16-17-18-20-24(29)25(30)23(21-28)27-26(31)22(6-3)19-8-5-2/h22-25,28-30H,4-21H2,1-3H3,(H,27,31)/t22?,23-,24+,25-/m0/s1. The largest absolute Gasteiger partial charge is 0.394 e. The Morgan fingerprint density at radius 2 is 1.19 bits per heavy atom. The van der Waals surface area contributed by atoms with Crippen molar-refractivity contribution < 1.29 is 20.1 Å². The van der Waals surface area contributed by atoms with Crippen molar-refractivity contribution in [1.29, 1.82) is 0 Å². The van der Waals surface area contributed by atoms with Crippen LogP contribution >= 0.6 is 0 Å². The van der Waals surface area contributed by atoms with Crippen molar-refractivity contribution in [3.05, 3.63) is 0 Å². The molecule has 5 heteroatoms. The highest BCUT2D eigenvalue weighted by Gasteiger charge is 2.28. The minimum absolute atomic E-state index is 0.102. The zero-order valence-corrected chi connectivity index (χ0v) is 20.8. The number of aliphatic hydroxyl groups excluding tert-OH is 3. The van der Waals surface area contributed by atoms with Crippen molar-refractivity contribution >= 4 is 5.91 Å². The topological polar surface area (TPSA) is 89.8 Å². The summed E-state index contributed by atoms with van der Waals surface area (Å²) in [7, 11) is 0. The van der Waals surface area contributed by atoms with Crippen LogP contribution in [0.4, 0.5) is 0 Å². The first-order valence-electron chi connectivity index (χ1n) is 13.3. The normalized spacial score (nSPS) is 15.4. The number of aliphatic hydroxyl groups is 3. The molecular formula is C26H53NO4. The van der Waals surface area contributed by atoms with Crippen LogP contribution in [0.15, 0.2) is 0 Å². The maximum atomic E-state index is 12.4. The molecule has 5 nitrogen and oxygen atoms in total. The average molecular weight is 444 g/mol. The predicted molar refractivity (Wildman–Crippen MR) is 130 cm³/mol. The summed E-state index contributed by atoms with van der Waals surface area (Å²) in [5.74, 6) is -0.235. The quantitative estimate of drug-likeness (QED) is 0.166. The van der Waals surface area contributed by atoms with Gasteiger partial charge in [0.2, 0.25) is 5.91 Å². The molecular weight excluding hydrogens is 390 g/mol. The molecule has 0 spiro atoms. The SMILES string of the molecule is CCCCCCCCCCCCCC[C@@H](O)[C@@H](O)[C@H](CO)NC(=O)C(CC)CCCC. The van der Waals surface area contributed by atoms with E-state index in [4.69, 9.17) is 0 Å². The monoisotopic (exact) mass is 443 g/mol.